The molecule has 2 aromatic rings. The van der Waals surface area contributed by atoms with Crippen LogP contribution >= 0.6 is 23.2 Å². The van der Waals surface area contributed by atoms with Crippen LogP contribution in [0.4, 0.5) is 0 Å². The van der Waals surface area contributed by atoms with Crippen LogP contribution in [0.2, 0.25) is 10.0 Å². The number of rotatable bonds is 12. The molecule has 0 bridgehead atoms. The van der Waals surface area contributed by atoms with E-state index in [1.54, 1.807) is 30.3 Å². The third-order valence-electron chi connectivity index (χ3n) is 4.52. The van der Waals surface area contributed by atoms with E-state index < -0.39 is 11.9 Å². The second-order valence-corrected chi connectivity index (χ2v) is 7.71. The van der Waals surface area contributed by atoms with Crippen LogP contribution in [0.25, 0.3) is 0 Å². The Labute approximate surface area is 196 Å². The third-order valence-corrected chi connectivity index (χ3v) is 5.11. The van der Waals surface area contributed by atoms with Crippen LogP contribution in [0.15, 0.2) is 41.4 Å². The van der Waals surface area contributed by atoms with E-state index in [0.717, 1.165) is 5.56 Å². The Balaban J connectivity index is 2.00. The summed E-state index contributed by atoms with van der Waals surface area (Å²) in [4.78, 5) is 27.8. The number of nitrogens with two attached hydrogens (primary N) is 2. The molecule has 0 radical (unpaired) electrons. The molecule has 172 valence electrons. The van der Waals surface area contributed by atoms with E-state index in [0.29, 0.717) is 65.8 Å². The van der Waals surface area contributed by atoms with Gasteiger partial charge in [-0.15, -0.1) is 0 Å². The number of carbonyl (C=O) groups is 2. The summed E-state index contributed by atoms with van der Waals surface area (Å²) in [7, 11) is 1.51. The minimum atomic E-state index is -0.657. The predicted molar refractivity (Wildman–Crippen MR) is 126 cm³/mol. The summed E-state index contributed by atoms with van der Waals surface area (Å²) in [6, 6.07) is 9.41. The van der Waals surface area contributed by atoms with Crippen molar-refractivity contribution in [2.24, 2.45) is 16.5 Å². The van der Waals surface area contributed by atoms with Crippen molar-refractivity contribution in [1.29, 1.82) is 0 Å². The van der Waals surface area contributed by atoms with Gasteiger partial charge >= 0.3 is 0 Å². The van der Waals surface area contributed by atoms with Crippen molar-refractivity contribution < 1.29 is 19.1 Å². The lowest BCUT2D eigenvalue weighted by atomic mass is 10.1. The highest BCUT2D eigenvalue weighted by molar-refractivity contribution is 6.35. The van der Waals surface area contributed by atoms with E-state index in [9.17, 15) is 9.59 Å². The fraction of sp³-hybridized carbons (Fsp3) is 0.318. The number of hydrogen-bond acceptors (Lipinski definition) is 5. The monoisotopic (exact) mass is 480 g/mol. The molecule has 8 nitrogen and oxygen atoms in total. The van der Waals surface area contributed by atoms with E-state index >= 15 is 0 Å². The summed E-state index contributed by atoms with van der Waals surface area (Å²) in [5.41, 5.74) is 11.8. The van der Waals surface area contributed by atoms with Gasteiger partial charge in [-0.3, -0.25) is 9.79 Å². The van der Waals surface area contributed by atoms with E-state index in [4.69, 9.17) is 44.1 Å². The van der Waals surface area contributed by atoms with Crippen LogP contribution in [0.3, 0.4) is 0 Å². The molecule has 0 heterocycles. The number of carbonyl (C=O) groups excluding carboxylic acids is 2. The number of halogens is 2. The Morgan fingerprint density at radius 3 is 2.62 bits per heavy atom. The first-order valence-electron chi connectivity index (χ1n) is 9.90. The molecule has 0 saturated heterocycles. The van der Waals surface area contributed by atoms with Gasteiger partial charge in [0.25, 0.3) is 5.91 Å². The Bertz CT molecular complexity index is 965. The Morgan fingerprint density at radius 1 is 1.19 bits per heavy atom. The van der Waals surface area contributed by atoms with Gasteiger partial charge in [-0.2, -0.15) is 0 Å². The van der Waals surface area contributed by atoms with E-state index in [-0.39, 0.29) is 5.96 Å². The van der Waals surface area contributed by atoms with Gasteiger partial charge in [0, 0.05) is 28.6 Å². The lowest BCUT2D eigenvalue weighted by molar-refractivity contribution is -0.109. The van der Waals surface area contributed by atoms with Crippen molar-refractivity contribution in [1.82, 2.24) is 5.32 Å². The van der Waals surface area contributed by atoms with Crippen molar-refractivity contribution in [3.05, 3.63) is 57.6 Å². The summed E-state index contributed by atoms with van der Waals surface area (Å²) in [5, 5.41) is 3.80. The zero-order chi connectivity index (χ0) is 23.5. The fourth-order valence-corrected chi connectivity index (χ4v) is 3.37. The van der Waals surface area contributed by atoms with Crippen molar-refractivity contribution in [3.63, 3.8) is 0 Å². The SMILES string of the molecule is COc1ccc(C(=O)NC(C=O)CCCN=C(N)N)cc1OCCc1ccc(Cl)cc1Cl. The van der Waals surface area contributed by atoms with Crippen LogP contribution in [0, 0.1) is 0 Å². The second kappa shape index (κ2) is 12.8. The minimum Gasteiger partial charge on any atom is -0.493 e. The minimum absolute atomic E-state index is 0.0132. The molecule has 0 aliphatic rings. The van der Waals surface area contributed by atoms with Crippen LogP contribution in [-0.2, 0) is 11.2 Å². The van der Waals surface area contributed by atoms with Crippen LogP contribution in [0.1, 0.15) is 28.8 Å². The molecule has 1 unspecified atom stereocenters. The van der Waals surface area contributed by atoms with Gasteiger partial charge in [0.2, 0.25) is 0 Å². The standard InChI is InChI=1S/C22H26Cl2N4O4/c1-31-19-7-5-15(21(30)28-17(13-29)3-2-9-27-22(25)26)11-20(19)32-10-8-14-4-6-16(23)12-18(14)24/h4-7,11-13,17H,2-3,8-10H2,1H3,(H,28,30)(H4,25,26,27). The Kier molecular flexibility index (Phi) is 10.1. The van der Waals surface area contributed by atoms with E-state index in [2.05, 4.69) is 10.3 Å². The van der Waals surface area contributed by atoms with Gasteiger partial charge in [0.05, 0.1) is 19.8 Å². The highest BCUT2D eigenvalue weighted by Crippen LogP contribution is 2.29. The van der Waals surface area contributed by atoms with Gasteiger partial charge in [-0.1, -0.05) is 29.3 Å². The molecule has 0 aliphatic heterocycles. The van der Waals surface area contributed by atoms with Crippen LogP contribution < -0.4 is 26.3 Å². The van der Waals surface area contributed by atoms with Crippen molar-refractivity contribution in [2.45, 2.75) is 25.3 Å². The molecule has 2 rings (SSSR count). The van der Waals surface area contributed by atoms with Gasteiger partial charge in [0.15, 0.2) is 17.5 Å². The molecular formula is C22H26Cl2N4O4. The zero-order valence-electron chi connectivity index (χ0n) is 17.6. The molecule has 1 atom stereocenters. The van der Waals surface area contributed by atoms with Gasteiger partial charge < -0.3 is 31.1 Å². The second-order valence-electron chi connectivity index (χ2n) is 6.86. The smallest absolute Gasteiger partial charge is 0.251 e. The molecule has 2 aromatic carbocycles. The number of amides is 1. The van der Waals surface area contributed by atoms with Gasteiger partial charge in [-0.25, -0.2) is 0 Å². The van der Waals surface area contributed by atoms with E-state index in [1.165, 1.54) is 7.11 Å². The number of nitrogens with zero attached hydrogens (tertiary/aromatic N) is 1. The van der Waals surface area contributed by atoms with E-state index in [1.807, 2.05) is 6.07 Å². The highest BCUT2D eigenvalue weighted by atomic mass is 35.5. The number of aliphatic imine (C=N–C) groups is 1. The molecule has 0 aliphatic carbocycles. The first-order valence-corrected chi connectivity index (χ1v) is 10.7. The molecule has 0 fully saturated rings. The van der Waals surface area contributed by atoms with Crippen LogP contribution in [0.5, 0.6) is 11.5 Å². The van der Waals surface area contributed by atoms with Crippen molar-refractivity contribution in [2.75, 3.05) is 20.3 Å². The highest BCUT2D eigenvalue weighted by Gasteiger charge is 2.16. The molecule has 32 heavy (non-hydrogen) atoms. The average Bonchev–Trinajstić information content (AvgIpc) is 2.76. The quantitative estimate of drug-likeness (QED) is 0.185. The zero-order valence-corrected chi connectivity index (χ0v) is 19.2. The normalized spacial score (nSPS) is 11.3. The summed E-state index contributed by atoms with van der Waals surface area (Å²) in [5.74, 6) is 0.464. The Hall–Kier alpha value is -2.97. The summed E-state index contributed by atoms with van der Waals surface area (Å²) < 4.78 is 11.2. The lowest BCUT2D eigenvalue weighted by Gasteiger charge is -2.15. The Morgan fingerprint density at radius 2 is 1.97 bits per heavy atom. The topological polar surface area (TPSA) is 129 Å². The van der Waals surface area contributed by atoms with Gasteiger partial charge in [0.1, 0.15) is 6.29 Å². The maximum atomic E-state index is 12.6. The number of methoxy groups -OCH3 is 1. The number of aldehydes is 1. The number of nitrogens with one attached hydrogen (secondary N) is 1. The maximum absolute atomic E-state index is 12.6. The average molecular weight is 481 g/mol. The predicted octanol–water partition coefficient (Wildman–Crippen LogP) is 2.97. The molecule has 0 saturated carbocycles. The van der Waals surface area contributed by atoms with Crippen LogP contribution in [-0.4, -0.2) is 44.5 Å². The third kappa shape index (κ3) is 7.94. The number of benzene rings is 2. The van der Waals surface area contributed by atoms with Crippen molar-refractivity contribution >= 4 is 41.4 Å². The molecule has 0 aromatic heterocycles. The number of hydrogen-bond donors (Lipinski definition) is 3. The lowest BCUT2D eigenvalue weighted by Crippen LogP contribution is -2.36. The molecule has 0 spiro atoms. The largest absolute Gasteiger partial charge is 0.493 e. The summed E-state index contributed by atoms with van der Waals surface area (Å²) in [6.07, 6.45) is 2.18. The summed E-state index contributed by atoms with van der Waals surface area (Å²) >= 11 is 12.1. The number of ether oxygens (including phenoxy) is 2. The molecule has 10 heteroatoms. The van der Waals surface area contributed by atoms with Crippen molar-refractivity contribution in [3.8, 4) is 11.5 Å². The number of guanidine groups is 1. The molecule has 1 amide bonds. The first-order chi connectivity index (χ1) is 15.3. The van der Waals surface area contributed by atoms with Gasteiger partial charge in [-0.05, 0) is 48.7 Å². The molecule has 5 N–H and O–H groups in total. The summed E-state index contributed by atoms with van der Waals surface area (Å²) in [6.45, 7) is 0.686. The molecular weight excluding hydrogens is 455 g/mol. The first kappa shape index (κ1) is 25.3. The fourth-order valence-electron chi connectivity index (χ4n) is 2.87. The maximum Gasteiger partial charge on any atom is 0.251 e.